The second kappa shape index (κ2) is 15.4. The van der Waals surface area contributed by atoms with E-state index in [-0.39, 0.29) is 32.5 Å². The third-order valence-corrected chi connectivity index (χ3v) is 14.2. The Balaban J connectivity index is 1.06. The Morgan fingerprint density at radius 3 is 2.66 bits per heavy atom. The number of hydrogen-bond acceptors (Lipinski definition) is 10. The molecule has 2 aromatic carbocycles. The molecule has 1 aromatic heterocycles. The molecule has 4 heterocycles. The van der Waals surface area contributed by atoms with Crippen LogP contribution in [0.5, 0.6) is 0 Å². The molecule has 5 atom stereocenters. The zero-order valence-corrected chi connectivity index (χ0v) is 32.8. The molecular formula is C39H42ClFN6O7S2. The second-order valence-electron chi connectivity index (χ2n) is 15.2. The molecule has 17 heteroatoms. The lowest BCUT2D eigenvalue weighted by atomic mass is 10.1. The quantitative estimate of drug-likeness (QED) is 0.261. The van der Waals surface area contributed by atoms with Crippen molar-refractivity contribution in [2.75, 3.05) is 11.9 Å². The molecular weight excluding hydrogens is 783 g/mol. The number of amides is 4. The van der Waals surface area contributed by atoms with Crippen molar-refractivity contribution >= 4 is 61.9 Å². The molecule has 56 heavy (non-hydrogen) atoms. The van der Waals surface area contributed by atoms with Gasteiger partial charge in [-0.1, -0.05) is 66.9 Å². The Bertz CT molecular complexity index is 2200. The number of carbonyl (C=O) groups excluding carboxylic acids is 4. The molecule has 0 radical (unpaired) electrons. The van der Waals surface area contributed by atoms with E-state index < -0.39 is 74.5 Å². The highest BCUT2D eigenvalue weighted by atomic mass is 35.5. The number of halogens is 2. The van der Waals surface area contributed by atoms with Crippen LogP contribution < -0.4 is 15.4 Å². The van der Waals surface area contributed by atoms with Gasteiger partial charge >= 0.3 is 6.09 Å². The SMILES string of the molecule is O=C1N[C@]2(C(=O)NS(=O)(=O)C3CC3)C[C@H]2/C=C\CCCCC[C@H](Nc2nc(-c3ccccc3Cl)cs2)C(=O)N2C[C@H](OC(=O)N3Cc4cccc(F)c4C3)C[C@@H]12. The number of allylic oxidation sites excluding steroid dienone is 1. The van der Waals surface area contributed by atoms with Crippen LogP contribution in [-0.2, 0) is 42.2 Å². The summed E-state index contributed by atoms with van der Waals surface area (Å²) in [5, 5.41) is 8.38. The number of carbonyl (C=O) groups is 4. The standard InChI is InChI=1S/C39H42ClFN6O7S2/c40-29-12-7-6-11-27(29)32-22-55-37(43-32)42-31-14-5-3-1-2-4-10-24-18-39(24,36(50)45-56(52,53)26-15-16-26)44-34(48)33-17-25(20-47(33)35(31)49)54-38(51)46-19-23-9-8-13-30(41)28(23)21-46/h4,6-13,22,24-26,31,33H,1-3,5,14-21H2,(H,42,43)(H,44,48)(H,45,50)/b10-4-/t24-,25-,31+,33+,39-/m1/s1. The molecule has 0 bridgehead atoms. The first-order valence-corrected chi connectivity index (χ1v) is 21.8. The van der Waals surface area contributed by atoms with Crippen molar-refractivity contribution < 1.29 is 36.7 Å². The highest BCUT2D eigenvalue weighted by molar-refractivity contribution is 7.91. The van der Waals surface area contributed by atoms with Crippen molar-refractivity contribution in [3.05, 3.63) is 82.0 Å². The van der Waals surface area contributed by atoms with Gasteiger partial charge in [0.2, 0.25) is 21.8 Å². The lowest BCUT2D eigenvalue weighted by molar-refractivity contribution is -0.140. The lowest BCUT2D eigenvalue weighted by Gasteiger charge is -2.29. The van der Waals surface area contributed by atoms with Crippen LogP contribution in [0.4, 0.5) is 14.3 Å². The van der Waals surface area contributed by atoms with Gasteiger partial charge in [0.25, 0.3) is 5.91 Å². The molecule has 0 unspecified atom stereocenters. The van der Waals surface area contributed by atoms with Gasteiger partial charge in [-0.25, -0.2) is 22.6 Å². The van der Waals surface area contributed by atoms with Crippen LogP contribution in [0.15, 0.2) is 60.0 Å². The van der Waals surface area contributed by atoms with Gasteiger partial charge in [-0.05, 0) is 56.2 Å². The van der Waals surface area contributed by atoms with Crippen LogP contribution in [0.1, 0.15) is 68.9 Å². The van der Waals surface area contributed by atoms with Gasteiger partial charge in [-0.3, -0.25) is 24.0 Å². The van der Waals surface area contributed by atoms with Crippen molar-refractivity contribution in [3.63, 3.8) is 0 Å². The first kappa shape index (κ1) is 38.3. The van der Waals surface area contributed by atoms with Crippen LogP contribution >= 0.6 is 22.9 Å². The molecule has 8 rings (SSSR count). The number of nitrogens with one attached hydrogen (secondary N) is 3. The average molecular weight is 825 g/mol. The predicted octanol–water partition coefficient (Wildman–Crippen LogP) is 5.51. The molecule has 2 saturated carbocycles. The van der Waals surface area contributed by atoms with E-state index in [0.29, 0.717) is 59.1 Å². The number of rotatable bonds is 7. The molecule has 3 aliphatic heterocycles. The van der Waals surface area contributed by atoms with Crippen molar-refractivity contribution in [2.45, 2.75) is 99.9 Å². The predicted molar refractivity (Wildman–Crippen MR) is 207 cm³/mol. The summed E-state index contributed by atoms with van der Waals surface area (Å²) in [4.78, 5) is 63.7. The van der Waals surface area contributed by atoms with Crippen LogP contribution in [0.25, 0.3) is 11.3 Å². The Kier molecular flexibility index (Phi) is 10.6. The molecule has 296 valence electrons. The third-order valence-electron chi connectivity index (χ3n) is 11.2. The van der Waals surface area contributed by atoms with Crippen molar-refractivity contribution in [2.24, 2.45) is 5.92 Å². The minimum absolute atomic E-state index is 0.0202. The molecule has 5 aliphatic rings. The van der Waals surface area contributed by atoms with E-state index in [1.807, 2.05) is 35.7 Å². The van der Waals surface area contributed by atoms with Gasteiger partial charge in [-0.15, -0.1) is 11.3 Å². The number of fused-ring (bicyclic) bond motifs is 3. The number of aromatic nitrogens is 1. The maximum absolute atomic E-state index is 14.7. The van der Waals surface area contributed by atoms with Gasteiger partial charge in [0.15, 0.2) is 5.13 Å². The summed E-state index contributed by atoms with van der Waals surface area (Å²) >= 11 is 7.75. The zero-order chi connectivity index (χ0) is 39.2. The molecule has 4 amide bonds. The first-order chi connectivity index (χ1) is 26.9. The Hall–Kier alpha value is -4.54. The minimum Gasteiger partial charge on any atom is -0.444 e. The minimum atomic E-state index is -3.91. The zero-order valence-electron chi connectivity index (χ0n) is 30.4. The van der Waals surface area contributed by atoms with E-state index in [1.165, 1.54) is 27.2 Å². The summed E-state index contributed by atoms with van der Waals surface area (Å²) in [5.41, 5.74) is 0.932. The van der Waals surface area contributed by atoms with Gasteiger partial charge in [-0.2, -0.15) is 0 Å². The van der Waals surface area contributed by atoms with Crippen LogP contribution in [0, 0.1) is 11.7 Å². The Morgan fingerprint density at radius 2 is 1.88 bits per heavy atom. The van der Waals surface area contributed by atoms with Crippen LogP contribution in [0.2, 0.25) is 5.02 Å². The van der Waals surface area contributed by atoms with Gasteiger partial charge in [0, 0.05) is 40.4 Å². The fourth-order valence-corrected chi connectivity index (χ4v) is 10.2. The molecule has 3 fully saturated rings. The molecule has 3 N–H and O–H groups in total. The summed E-state index contributed by atoms with van der Waals surface area (Å²) < 4.78 is 48.3. The summed E-state index contributed by atoms with van der Waals surface area (Å²) in [6.45, 7) is 0.0568. The Labute approximate surface area is 333 Å². The average Bonchev–Trinajstić information content (AvgIpc) is 3.97. The highest BCUT2D eigenvalue weighted by Gasteiger charge is 2.62. The topological polar surface area (TPSA) is 167 Å². The number of benzene rings is 2. The van der Waals surface area contributed by atoms with Gasteiger partial charge in [0.1, 0.15) is 29.5 Å². The molecule has 3 aromatic rings. The summed E-state index contributed by atoms with van der Waals surface area (Å²) in [6.07, 6.45) is 6.65. The number of thiazole rings is 1. The normalized spacial score (nSPS) is 27.2. The van der Waals surface area contributed by atoms with Crippen LogP contribution in [-0.4, -0.2) is 82.5 Å². The number of hydrogen-bond donors (Lipinski definition) is 3. The van der Waals surface area contributed by atoms with E-state index in [4.69, 9.17) is 21.3 Å². The van der Waals surface area contributed by atoms with E-state index in [0.717, 1.165) is 18.4 Å². The summed E-state index contributed by atoms with van der Waals surface area (Å²) in [5.74, 6) is -2.75. The maximum Gasteiger partial charge on any atom is 0.410 e. The van der Waals surface area contributed by atoms with Crippen molar-refractivity contribution in [1.82, 2.24) is 24.8 Å². The smallest absolute Gasteiger partial charge is 0.410 e. The third kappa shape index (κ3) is 7.87. The van der Waals surface area contributed by atoms with Gasteiger partial charge < -0.3 is 20.3 Å². The number of sulfonamides is 1. The monoisotopic (exact) mass is 824 g/mol. The number of nitrogens with zero attached hydrogens (tertiary/aromatic N) is 3. The molecule has 1 saturated heterocycles. The number of ether oxygens (including phenoxy) is 1. The van der Waals surface area contributed by atoms with Crippen LogP contribution in [0.3, 0.4) is 0 Å². The van der Waals surface area contributed by atoms with E-state index >= 15 is 0 Å². The second-order valence-corrected chi connectivity index (χ2v) is 18.4. The fraction of sp³-hybridized carbons (Fsp3) is 0.462. The molecule has 2 aliphatic carbocycles. The molecule has 13 nitrogen and oxygen atoms in total. The Morgan fingerprint density at radius 1 is 1.05 bits per heavy atom. The first-order valence-electron chi connectivity index (χ1n) is 19.0. The van der Waals surface area contributed by atoms with Crippen molar-refractivity contribution in [3.8, 4) is 11.3 Å². The van der Waals surface area contributed by atoms with Gasteiger partial charge in [0.05, 0.1) is 24.0 Å². The largest absolute Gasteiger partial charge is 0.444 e. The molecule has 0 spiro atoms. The van der Waals surface area contributed by atoms with E-state index in [2.05, 4.69) is 15.4 Å². The van der Waals surface area contributed by atoms with Crippen molar-refractivity contribution in [1.29, 1.82) is 0 Å². The lowest BCUT2D eigenvalue weighted by Crippen LogP contribution is -2.57. The van der Waals surface area contributed by atoms with E-state index in [1.54, 1.807) is 18.2 Å². The summed E-state index contributed by atoms with van der Waals surface area (Å²) in [6, 6.07) is 10.0. The maximum atomic E-state index is 14.7. The fourth-order valence-electron chi connectivity index (χ4n) is 7.86. The van der Waals surface area contributed by atoms with E-state index in [9.17, 15) is 32.0 Å². The highest BCUT2D eigenvalue weighted by Crippen LogP contribution is 2.46. The number of anilines is 1. The summed E-state index contributed by atoms with van der Waals surface area (Å²) in [7, 11) is -3.91.